The quantitative estimate of drug-likeness (QED) is 0.117. The molecular weight excluding hydrogens is 474 g/mol. The average molecular weight is 504 g/mol. The normalized spacial score (nSPS) is 14.4. The summed E-state index contributed by atoms with van der Waals surface area (Å²) in [6.07, 6.45) is 4.40. The number of carbonyl (C=O) groups is 5. The molecule has 33 heavy (non-hydrogen) atoms. The first-order chi connectivity index (χ1) is 15.6. The highest BCUT2D eigenvalue weighted by molar-refractivity contribution is 7.98. The number of thioether (sulfide) groups is 1. The molecule has 1 heterocycles. The zero-order chi connectivity index (χ0) is 25.0. The maximum absolute atomic E-state index is 12.7. The fourth-order valence-corrected chi connectivity index (χ4v) is 3.37. The lowest BCUT2D eigenvalue weighted by Crippen LogP contribution is -2.58. The predicted molar refractivity (Wildman–Crippen MR) is 124 cm³/mol. The summed E-state index contributed by atoms with van der Waals surface area (Å²) in [6, 6.07) is -4.82. The van der Waals surface area contributed by atoms with Gasteiger partial charge in [0.15, 0.2) is 0 Å². The van der Waals surface area contributed by atoms with Gasteiger partial charge >= 0.3 is 5.97 Å². The van der Waals surface area contributed by atoms with Crippen LogP contribution in [0.1, 0.15) is 18.5 Å². The summed E-state index contributed by atoms with van der Waals surface area (Å²) in [6.45, 7) is 0. The van der Waals surface area contributed by atoms with Crippen LogP contribution in [-0.4, -0.2) is 86.6 Å². The molecule has 15 heteroatoms. The number of carboxylic acids is 1. The fraction of sp³-hybridized carbons (Fsp3) is 0.556. The van der Waals surface area contributed by atoms with E-state index in [1.165, 1.54) is 24.3 Å². The summed E-state index contributed by atoms with van der Waals surface area (Å²) >= 11 is 5.52. The van der Waals surface area contributed by atoms with Crippen molar-refractivity contribution in [1.82, 2.24) is 25.9 Å². The third kappa shape index (κ3) is 10.1. The second-order valence-corrected chi connectivity index (χ2v) is 8.39. The van der Waals surface area contributed by atoms with Gasteiger partial charge in [-0.15, -0.1) is 0 Å². The first-order valence-corrected chi connectivity index (χ1v) is 11.9. The molecule has 9 N–H and O–H groups in total. The number of aromatic nitrogens is 2. The largest absolute Gasteiger partial charge is 0.480 e. The first kappa shape index (κ1) is 28.3. The molecule has 0 aromatic carbocycles. The summed E-state index contributed by atoms with van der Waals surface area (Å²) in [5, 5.41) is 16.4. The first-order valence-electron chi connectivity index (χ1n) is 9.83. The highest BCUT2D eigenvalue weighted by Crippen LogP contribution is 2.03. The molecule has 4 unspecified atom stereocenters. The number of aliphatic carboxylic acids is 1. The van der Waals surface area contributed by atoms with Gasteiger partial charge < -0.3 is 37.5 Å². The minimum absolute atomic E-state index is 0.0669. The molecule has 13 nitrogen and oxygen atoms in total. The van der Waals surface area contributed by atoms with E-state index in [4.69, 9.17) is 11.5 Å². The number of nitrogens with one attached hydrogen (secondary N) is 4. The van der Waals surface area contributed by atoms with Crippen LogP contribution in [0.5, 0.6) is 0 Å². The monoisotopic (exact) mass is 503 g/mol. The number of amides is 4. The van der Waals surface area contributed by atoms with E-state index in [0.29, 0.717) is 17.9 Å². The number of hydrogen-bond donors (Lipinski definition) is 8. The van der Waals surface area contributed by atoms with E-state index in [1.54, 1.807) is 0 Å². The minimum Gasteiger partial charge on any atom is -0.480 e. The van der Waals surface area contributed by atoms with Crippen LogP contribution in [0, 0.1) is 0 Å². The molecule has 0 aliphatic heterocycles. The van der Waals surface area contributed by atoms with E-state index in [9.17, 15) is 29.1 Å². The number of thiol groups is 1. The number of nitrogens with two attached hydrogens (primary N) is 2. The summed E-state index contributed by atoms with van der Waals surface area (Å²) in [5.74, 6) is -4.04. The van der Waals surface area contributed by atoms with Gasteiger partial charge in [-0.05, 0) is 18.4 Å². The molecule has 0 spiro atoms. The van der Waals surface area contributed by atoms with Gasteiger partial charge in [-0.3, -0.25) is 19.2 Å². The molecule has 0 aliphatic carbocycles. The molecule has 0 fully saturated rings. The molecule has 0 aliphatic rings. The smallest absolute Gasteiger partial charge is 0.326 e. The van der Waals surface area contributed by atoms with Gasteiger partial charge in [-0.2, -0.15) is 24.4 Å². The van der Waals surface area contributed by atoms with Crippen molar-refractivity contribution in [2.24, 2.45) is 11.5 Å². The van der Waals surface area contributed by atoms with Crippen molar-refractivity contribution in [3.63, 3.8) is 0 Å². The maximum Gasteiger partial charge on any atom is 0.326 e. The molecule has 1 aromatic heterocycles. The van der Waals surface area contributed by atoms with Gasteiger partial charge in [0, 0.05) is 24.1 Å². The Hall–Kier alpha value is -2.78. The molecule has 0 bridgehead atoms. The number of nitrogens with zero attached hydrogens (tertiary/aromatic N) is 1. The van der Waals surface area contributed by atoms with E-state index in [1.807, 2.05) is 6.26 Å². The zero-order valence-electron chi connectivity index (χ0n) is 17.9. The Morgan fingerprint density at radius 2 is 1.73 bits per heavy atom. The van der Waals surface area contributed by atoms with Gasteiger partial charge in [0.25, 0.3) is 0 Å². The molecule has 1 aromatic rings. The number of carbonyl (C=O) groups excluding carboxylic acids is 4. The van der Waals surface area contributed by atoms with E-state index in [0.717, 1.165) is 0 Å². The Kier molecular flexibility index (Phi) is 12.3. The average Bonchev–Trinajstić information content (AvgIpc) is 3.27. The fourth-order valence-electron chi connectivity index (χ4n) is 2.62. The highest BCUT2D eigenvalue weighted by atomic mass is 32.2. The van der Waals surface area contributed by atoms with Crippen molar-refractivity contribution in [2.75, 3.05) is 17.8 Å². The number of imidazole rings is 1. The third-order valence-corrected chi connectivity index (χ3v) is 5.43. The number of hydrogen-bond acceptors (Lipinski definition) is 9. The highest BCUT2D eigenvalue weighted by Gasteiger charge is 2.30. The topological polar surface area (TPSA) is 222 Å². The molecule has 0 saturated carbocycles. The van der Waals surface area contributed by atoms with Crippen LogP contribution < -0.4 is 27.4 Å². The van der Waals surface area contributed by atoms with E-state index in [2.05, 4.69) is 38.5 Å². The van der Waals surface area contributed by atoms with E-state index in [-0.39, 0.29) is 12.2 Å². The van der Waals surface area contributed by atoms with E-state index >= 15 is 0 Å². The van der Waals surface area contributed by atoms with Crippen LogP contribution in [-0.2, 0) is 30.4 Å². The number of primary amides is 1. The Balaban J connectivity index is 2.82. The van der Waals surface area contributed by atoms with Crippen molar-refractivity contribution in [3.8, 4) is 0 Å². The van der Waals surface area contributed by atoms with Crippen molar-refractivity contribution in [1.29, 1.82) is 0 Å². The van der Waals surface area contributed by atoms with Gasteiger partial charge in [0.05, 0.1) is 18.8 Å². The summed E-state index contributed by atoms with van der Waals surface area (Å²) in [7, 11) is 0. The lowest BCUT2D eigenvalue weighted by atomic mass is 10.1. The second-order valence-electron chi connectivity index (χ2n) is 7.04. The number of aromatic amines is 1. The number of H-pyrrole nitrogens is 1. The Morgan fingerprint density at radius 3 is 2.24 bits per heavy atom. The van der Waals surface area contributed by atoms with Crippen LogP contribution >= 0.6 is 24.4 Å². The minimum atomic E-state index is -1.37. The second kappa shape index (κ2) is 14.4. The van der Waals surface area contributed by atoms with Crippen molar-refractivity contribution in [3.05, 3.63) is 18.2 Å². The molecule has 0 saturated heterocycles. The summed E-state index contributed by atoms with van der Waals surface area (Å²) < 4.78 is 0. The molecular formula is C18H29N7O6S2. The van der Waals surface area contributed by atoms with Crippen LogP contribution in [0.3, 0.4) is 0 Å². The SMILES string of the molecule is CSCCC(N)C(=O)NC(CC(N)=O)C(=O)NC(CS)C(=O)NC(Cc1cnc[nH]1)C(=O)O. The van der Waals surface area contributed by atoms with Gasteiger partial charge in [-0.1, -0.05) is 0 Å². The van der Waals surface area contributed by atoms with E-state index < -0.39 is 60.2 Å². The van der Waals surface area contributed by atoms with Crippen LogP contribution in [0.4, 0.5) is 0 Å². The molecule has 184 valence electrons. The van der Waals surface area contributed by atoms with Gasteiger partial charge in [0.1, 0.15) is 18.1 Å². The van der Waals surface area contributed by atoms with Crippen LogP contribution in [0.2, 0.25) is 0 Å². The van der Waals surface area contributed by atoms with Crippen molar-refractivity contribution in [2.45, 2.75) is 43.4 Å². The lowest BCUT2D eigenvalue weighted by Gasteiger charge is -2.24. The standard InChI is InChI=1S/C18H29N7O6S2/c1-33-3-2-10(19)15(27)23-11(5-14(20)26)16(28)25-13(7-32)17(29)24-12(18(30)31)4-9-6-21-8-22-9/h6,8,10-13,32H,2-5,7,19H2,1H3,(H2,20,26)(H,21,22)(H,23,27)(H,24,29)(H,25,28)(H,30,31). The summed E-state index contributed by atoms with van der Waals surface area (Å²) in [5.41, 5.74) is 11.4. The number of rotatable bonds is 15. The molecule has 4 atom stereocenters. The Bertz CT molecular complexity index is 823. The Morgan fingerprint density at radius 1 is 1.12 bits per heavy atom. The van der Waals surface area contributed by atoms with Crippen LogP contribution in [0.15, 0.2) is 12.5 Å². The lowest BCUT2D eigenvalue weighted by molar-refractivity contribution is -0.142. The number of carboxylic acid groups (broad SMARTS) is 1. The third-order valence-electron chi connectivity index (χ3n) is 4.42. The van der Waals surface area contributed by atoms with Crippen molar-refractivity contribution < 1.29 is 29.1 Å². The molecule has 0 radical (unpaired) electrons. The molecule has 1 rings (SSSR count). The van der Waals surface area contributed by atoms with Gasteiger partial charge in [0.2, 0.25) is 23.6 Å². The maximum atomic E-state index is 12.7. The van der Waals surface area contributed by atoms with Crippen LogP contribution in [0.25, 0.3) is 0 Å². The predicted octanol–water partition coefficient (Wildman–Crippen LogP) is -2.62. The molecule has 4 amide bonds. The zero-order valence-corrected chi connectivity index (χ0v) is 19.7. The van der Waals surface area contributed by atoms with Crippen molar-refractivity contribution >= 4 is 54.0 Å². The Labute approximate surface area is 200 Å². The van der Waals surface area contributed by atoms with Gasteiger partial charge in [-0.25, -0.2) is 9.78 Å². The summed E-state index contributed by atoms with van der Waals surface area (Å²) in [4.78, 5) is 66.9.